The van der Waals surface area contributed by atoms with Crippen molar-refractivity contribution in [2.75, 3.05) is 25.1 Å². The topological polar surface area (TPSA) is 43.4 Å². The van der Waals surface area contributed by atoms with Crippen LogP contribution in [0.25, 0.3) is 10.9 Å². The summed E-state index contributed by atoms with van der Waals surface area (Å²) in [7, 11) is 0. The number of rotatable bonds is 5. The number of nitrogens with zero attached hydrogens (tertiary/aromatic N) is 1. The zero-order chi connectivity index (χ0) is 16.4. The molecular weight excluding hydrogens is 295 g/mol. The van der Waals surface area contributed by atoms with Gasteiger partial charge in [-0.3, -0.25) is 0 Å². The molecule has 4 nitrogen and oxygen atoms in total. The third-order valence-corrected chi connectivity index (χ3v) is 4.18. The van der Waals surface area contributed by atoms with Crippen molar-refractivity contribution in [3.05, 3.63) is 35.8 Å². The highest BCUT2D eigenvalue weighted by molar-refractivity contribution is 5.91. The van der Waals surface area contributed by atoms with Crippen LogP contribution < -0.4 is 5.32 Å². The monoisotopic (exact) mass is 318 g/mol. The number of para-hydroxylation sites is 1. The van der Waals surface area contributed by atoms with Crippen LogP contribution in [0.3, 0.4) is 0 Å². The summed E-state index contributed by atoms with van der Waals surface area (Å²) >= 11 is 0. The number of ether oxygens (including phenoxy) is 2. The van der Waals surface area contributed by atoms with Gasteiger partial charge in [0.15, 0.2) is 5.79 Å². The molecule has 1 saturated heterocycles. The fraction of sp³-hybridized carbons (Fsp3) is 0.500. The lowest BCUT2D eigenvalue weighted by molar-refractivity contribution is -0.153. The van der Waals surface area contributed by atoms with Gasteiger partial charge in [-0.25, -0.2) is 9.37 Å². The van der Waals surface area contributed by atoms with Crippen molar-refractivity contribution in [2.24, 2.45) is 5.92 Å². The number of anilines is 1. The van der Waals surface area contributed by atoms with E-state index in [-0.39, 0.29) is 5.82 Å². The van der Waals surface area contributed by atoms with Crippen molar-refractivity contribution in [2.45, 2.75) is 33.0 Å². The highest BCUT2D eigenvalue weighted by Crippen LogP contribution is 2.28. The Morgan fingerprint density at radius 2 is 2.09 bits per heavy atom. The van der Waals surface area contributed by atoms with Crippen LogP contribution in [0.2, 0.25) is 0 Å². The maximum absolute atomic E-state index is 13.9. The maximum atomic E-state index is 13.9. The summed E-state index contributed by atoms with van der Waals surface area (Å²) in [5.74, 6) is -0.415. The minimum absolute atomic E-state index is 0.289. The second kappa shape index (κ2) is 6.42. The number of hydrogen-bond acceptors (Lipinski definition) is 4. The van der Waals surface area contributed by atoms with Gasteiger partial charge in [0.2, 0.25) is 0 Å². The number of benzene rings is 1. The molecule has 0 aliphatic carbocycles. The minimum Gasteiger partial charge on any atom is -0.384 e. The molecule has 0 saturated carbocycles. The van der Waals surface area contributed by atoms with Crippen LogP contribution in [0.4, 0.5) is 10.1 Å². The van der Waals surface area contributed by atoms with Crippen LogP contribution in [0.1, 0.15) is 26.0 Å². The first-order chi connectivity index (χ1) is 11.0. The number of hydrogen-bond donors (Lipinski definition) is 1. The summed E-state index contributed by atoms with van der Waals surface area (Å²) in [6.45, 7) is 8.09. The molecule has 2 heterocycles. The highest BCUT2D eigenvalue weighted by atomic mass is 19.1. The molecule has 1 N–H and O–H groups in total. The number of fused-ring (bicyclic) bond motifs is 1. The zero-order valence-electron chi connectivity index (χ0n) is 13.9. The normalized spacial score (nSPS) is 18.3. The van der Waals surface area contributed by atoms with Crippen molar-refractivity contribution in [3.8, 4) is 0 Å². The molecule has 0 spiro atoms. The Hall–Kier alpha value is -1.72. The number of pyridine rings is 1. The van der Waals surface area contributed by atoms with Gasteiger partial charge in [-0.05, 0) is 31.9 Å². The molecule has 0 radical (unpaired) electrons. The molecule has 1 atom stereocenters. The van der Waals surface area contributed by atoms with Gasteiger partial charge in [0.05, 0.1) is 13.2 Å². The summed E-state index contributed by atoms with van der Waals surface area (Å²) in [6, 6.07) is 7.00. The van der Waals surface area contributed by atoms with Crippen LogP contribution in [0.15, 0.2) is 24.3 Å². The van der Waals surface area contributed by atoms with E-state index >= 15 is 0 Å². The molecule has 1 aliphatic rings. The number of aromatic nitrogens is 1. The van der Waals surface area contributed by atoms with Crippen molar-refractivity contribution in [1.82, 2.24) is 4.98 Å². The van der Waals surface area contributed by atoms with E-state index in [2.05, 4.69) is 17.2 Å². The Morgan fingerprint density at radius 1 is 1.35 bits per heavy atom. The molecule has 0 bridgehead atoms. The maximum Gasteiger partial charge on any atom is 0.166 e. The van der Waals surface area contributed by atoms with E-state index in [0.29, 0.717) is 24.6 Å². The molecule has 1 aromatic carbocycles. The molecule has 3 rings (SSSR count). The third-order valence-electron chi connectivity index (χ3n) is 4.18. The van der Waals surface area contributed by atoms with E-state index in [4.69, 9.17) is 9.47 Å². The zero-order valence-corrected chi connectivity index (χ0v) is 13.9. The number of aryl methyl sites for hydroxylation is 1. The van der Waals surface area contributed by atoms with Gasteiger partial charge in [-0.2, -0.15) is 0 Å². The summed E-state index contributed by atoms with van der Waals surface area (Å²) in [6.07, 6.45) is 0.816. The van der Waals surface area contributed by atoms with Gasteiger partial charge >= 0.3 is 0 Å². The molecule has 1 aromatic heterocycles. The van der Waals surface area contributed by atoms with Crippen LogP contribution in [0.5, 0.6) is 0 Å². The standard InChI is InChI=1S/C18H23FN2O2/c1-12(10-18(3)22-7-8-23-18)11-20-16-9-13(2)21-17-14(16)5-4-6-15(17)19/h4-6,9,12H,7-8,10-11H2,1-3H3,(H,20,21). The summed E-state index contributed by atoms with van der Waals surface area (Å²) in [5, 5.41) is 4.24. The van der Waals surface area contributed by atoms with Gasteiger partial charge in [-0.1, -0.05) is 19.1 Å². The molecular formula is C18H23FN2O2. The Morgan fingerprint density at radius 3 is 2.83 bits per heavy atom. The average molecular weight is 318 g/mol. The molecule has 1 unspecified atom stereocenters. The van der Waals surface area contributed by atoms with Crippen molar-refractivity contribution >= 4 is 16.6 Å². The lowest BCUT2D eigenvalue weighted by Crippen LogP contribution is -2.30. The molecule has 2 aromatic rings. The smallest absolute Gasteiger partial charge is 0.166 e. The van der Waals surface area contributed by atoms with Crippen LogP contribution in [-0.2, 0) is 9.47 Å². The number of halogens is 1. The Kier molecular flexibility index (Phi) is 4.50. The minimum atomic E-state index is -0.483. The predicted molar refractivity (Wildman–Crippen MR) is 89.0 cm³/mol. The van der Waals surface area contributed by atoms with Crippen LogP contribution in [0, 0.1) is 18.7 Å². The Bertz CT molecular complexity index is 699. The van der Waals surface area contributed by atoms with Gasteiger partial charge < -0.3 is 14.8 Å². The van der Waals surface area contributed by atoms with E-state index < -0.39 is 5.79 Å². The quantitative estimate of drug-likeness (QED) is 0.908. The van der Waals surface area contributed by atoms with Gasteiger partial charge in [-0.15, -0.1) is 0 Å². The van der Waals surface area contributed by atoms with E-state index in [1.165, 1.54) is 6.07 Å². The second-order valence-corrected chi connectivity index (χ2v) is 6.47. The van der Waals surface area contributed by atoms with E-state index in [0.717, 1.165) is 29.7 Å². The summed E-state index contributed by atoms with van der Waals surface area (Å²) in [4.78, 5) is 4.30. The predicted octanol–water partition coefficient (Wildman–Crippen LogP) is 3.88. The SMILES string of the molecule is Cc1cc(NCC(C)CC2(C)OCCO2)c2cccc(F)c2n1. The fourth-order valence-electron chi connectivity index (χ4n) is 3.15. The lowest BCUT2D eigenvalue weighted by atomic mass is 10.0. The van der Waals surface area contributed by atoms with Gasteiger partial charge in [0.25, 0.3) is 0 Å². The fourth-order valence-corrected chi connectivity index (χ4v) is 3.15. The van der Waals surface area contributed by atoms with Crippen molar-refractivity contribution in [1.29, 1.82) is 0 Å². The largest absolute Gasteiger partial charge is 0.384 e. The lowest BCUT2D eigenvalue weighted by Gasteiger charge is -2.26. The molecule has 23 heavy (non-hydrogen) atoms. The molecule has 0 amide bonds. The molecule has 124 valence electrons. The van der Waals surface area contributed by atoms with Crippen molar-refractivity contribution < 1.29 is 13.9 Å². The Balaban J connectivity index is 1.73. The third kappa shape index (κ3) is 3.62. The van der Waals surface area contributed by atoms with Gasteiger partial charge in [0.1, 0.15) is 11.3 Å². The molecule has 5 heteroatoms. The summed E-state index contributed by atoms with van der Waals surface area (Å²) in [5.41, 5.74) is 2.13. The first-order valence-corrected chi connectivity index (χ1v) is 8.04. The first kappa shape index (κ1) is 16.1. The van der Waals surface area contributed by atoms with E-state index in [1.54, 1.807) is 6.07 Å². The van der Waals surface area contributed by atoms with Crippen molar-refractivity contribution in [3.63, 3.8) is 0 Å². The first-order valence-electron chi connectivity index (χ1n) is 8.04. The van der Waals surface area contributed by atoms with Gasteiger partial charge in [0, 0.05) is 29.7 Å². The van der Waals surface area contributed by atoms with E-state index in [9.17, 15) is 4.39 Å². The average Bonchev–Trinajstić information content (AvgIpc) is 2.92. The van der Waals surface area contributed by atoms with Crippen LogP contribution in [-0.4, -0.2) is 30.5 Å². The molecule has 1 aliphatic heterocycles. The second-order valence-electron chi connectivity index (χ2n) is 6.47. The van der Waals surface area contributed by atoms with Crippen LogP contribution >= 0.6 is 0 Å². The Labute approximate surface area is 136 Å². The summed E-state index contributed by atoms with van der Waals surface area (Å²) < 4.78 is 25.3. The van der Waals surface area contributed by atoms with E-state index in [1.807, 2.05) is 26.0 Å². The number of nitrogens with one attached hydrogen (secondary N) is 1. The molecule has 1 fully saturated rings. The highest BCUT2D eigenvalue weighted by Gasteiger charge is 2.32.